The number of aryl methyl sites for hydroxylation is 2. The average Bonchev–Trinajstić information content (AvgIpc) is 2.56. The molecule has 1 unspecified atom stereocenters. The fraction of sp³-hybridized carbons (Fsp3) is 0.364. The van der Waals surface area contributed by atoms with Crippen LogP contribution in [0.2, 0.25) is 0 Å². The molecule has 90 valence electrons. The summed E-state index contributed by atoms with van der Waals surface area (Å²) in [5.41, 5.74) is 1.07. The Hall–Kier alpha value is -1.80. The molecule has 17 heavy (non-hydrogen) atoms. The summed E-state index contributed by atoms with van der Waals surface area (Å²) in [4.78, 5) is 11.8. The molecule has 1 atom stereocenters. The molecule has 1 rings (SSSR count). The first-order chi connectivity index (χ1) is 7.93. The van der Waals surface area contributed by atoms with E-state index >= 15 is 0 Å². The number of aromatic nitrogens is 2. The predicted octanol–water partition coefficient (Wildman–Crippen LogP) is 1.49. The number of hydrogen-bond acceptors (Lipinski definition) is 3. The van der Waals surface area contributed by atoms with Gasteiger partial charge in [0.15, 0.2) is 0 Å². The van der Waals surface area contributed by atoms with Crippen molar-refractivity contribution in [2.45, 2.75) is 19.9 Å². The molecule has 0 aliphatic heterocycles. The first-order valence-electron chi connectivity index (χ1n) is 4.98. The van der Waals surface area contributed by atoms with Crippen molar-refractivity contribution in [2.24, 2.45) is 7.05 Å². The van der Waals surface area contributed by atoms with Crippen molar-refractivity contribution in [3.63, 3.8) is 0 Å². The minimum Gasteiger partial charge on any atom is -0.333 e. The molecule has 1 N–H and O–H groups in total. The van der Waals surface area contributed by atoms with Gasteiger partial charge in [0.05, 0.1) is 17.3 Å². The first-order valence-corrected chi connectivity index (χ1v) is 5.36. The normalized spacial score (nSPS) is 13.0. The lowest BCUT2D eigenvalue weighted by Gasteiger charge is -2.06. The summed E-state index contributed by atoms with van der Waals surface area (Å²) in [7, 11) is 1.73. The van der Waals surface area contributed by atoms with E-state index in [1.54, 1.807) is 31.8 Å². The molecule has 0 saturated heterocycles. The SMILES string of the molecule is C/C(Cl)=C/C(C#N)NC(=O)c1cn(C)nc1C. The summed E-state index contributed by atoms with van der Waals surface area (Å²) >= 11 is 5.66. The number of halogens is 1. The first kappa shape index (κ1) is 13.3. The van der Waals surface area contributed by atoms with Crippen LogP contribution in [0.1, 0.15) is 23.0 Å². The Kier molecular flexibility index (Phi) is 4.30. The number of allylic oxidation sites excluding steroid dienone is 1. The van der Waals surface area contributed by atoms with Gasteiger partial charge in [-0.1, -0.05) is 11.6 Å². The van der Waals surface area contributed by atoms with E-state index in [1.165, 1.54) is 6.08 Å². The molecule has 0 saturated carbocycles. The Labute approximate surface area is 105 Å². The molecule has 5 nitrogen and oxygen atoms in total. The summed E-state index contributed by atoms with van der Waals surface area (Å²) < 4.78 is 1.55. The van der Waals surface area contributed by atoms with Gasteiger partial charge in [-0.05, 0) is 19.9 Å². The van der Waals surface area contributed by atoms with Crippen LogP contribution in [0.3, 0.4) is 0 Å². The van der Waals surface area contributed by atoms with Gasteiger partial charge in [-0.2, -0.15) is 10.4 Å². The van der Waals surface area contributed by atoms with Crippen LogP contribution in [-0.2, 0) is 7.05 Å². The molecule has 0 fully saturated rings. The van der Waals surface area contributed by atoms with Gasteiger partial charge >= 0.3 is 0 Å². The molecule has 0 radical (unpaired) electrons. The number of amides is 1. The van der Waals surface area contributed by atoms with Crippen molar-refractivity contribution in [1.82, 2.24) is 15.1 Å². The zero-order chi connectivity index (χ0) is 13.0. The third-order valence-electron chi connectivity index (χ3n) is 2.08. The third kappa shape index (κ3) is 3.61. The third-order valence-corrected chi connectivity index (χ3v) is 2.21. The smallest absolute Gasteiger partial charge is 0.256 e. The maximum atomic E-state index is 11.8. The number of nitrogens with one attached hydrogen (secondary N) is 1. The zero-order valence-corrected chi connectivity index (χ0v) is 10.6. The lowest BCUT2D eigenvalue weighted by Crippen LogP contribution is -2.32. The second kappa shape index (κ2) is 5.51. The summed E-state index contributed by atoms with van der Waals surface area (Å²) in [6, 6.07) is 1.20. The van der Waals surface area contributed by atoms with Gasteiger partial charge in [0.25, 0.3) is 5.91 Å². The van der Waals surface area contributed by atoms with Crippen LogP contribution in [0.25, 0.3) is 0 Å². The highest BCUT2D eigenvalue weighted by atomic mass is 35.5. The van der Waals surface area contributed by atoms with Crippen molar-refractivity contribution >= 4 is 17.5 Å². The highest BCUT2D eigenvalue weighted by molar-refractivity contribution is 6.29. The van der Waals surface area contributed by atoms with E-state index in [2.05, 4.69) is 10.4 Å². The maximum Gasteiger partial charge on any atom is 0.256 e. The van der Waals surface area contributed by atoms with E-state index in [-0.39, 0.29) is 5.91 Å². The van der Waals surface area contributed by atoms with Crippen molar-refractivity contribution in [1.29, 1.82) is 5.26 Å². The average molecular weight is 253 g/mol. The second-order valence-corrected chi connectivity index (χ2v) is 4.23. The molecule has 1 heterocycles. The molecule has 0 aliphatic rings. The van der Waals surface area contributed by atoms with Crippen LogP contribution in [0.4, 0.5) is 0 Å². The largest absolute Gasteiger partial charge is 0.333 e. The number of rotatable bonds is 3. The lowest BCUT2D eigenvalue weighted by molar-refractivity contribution is 0.0950. The molecule has 0 bridgehead atoms. The van der Waals surface area contributed by atoms with Crippen LogP contribution in [0.5, 0.6) is 0 Å². The van der Waals surface area contributed by atoms with Gasteiger partial charge in [0.1, 0.15) is 6.04 Å². The number of nitriles is 1. The highest BCUT2D eigenvalue weighted by Crippen LogP contribution is 2.06. The highest BCUT2D eigenvalue weighted by Gasteiger charge is 2.15. The van der Waals surface area contributed by atoms with Crippen molar-refractivity contribution in [3.8, 4) is 6.07 Å². The molecule has 0 spiro atoms. The van der Waals surface area contributed by atoms with Gasteiger partial charge in [-0.3, -0.25) is 9.48 Å². The zero-order valence-electron chi connectivity index (χ0n) is 9.86. The number of carbonyl (C=O) groups excluding carboxylic acids is 1. The van der Waals surface area contributed by atoms with Crippen LogP contribution in [0.15, 0.2) is 17.3 Å². The Morgan fingerprint density at radius 2 is 2.41 bits per heavy atom. The van der Waals surface area contributed by atoms with Gasteiger partial charge in [-0.15, -0.1) is 0 Å². The Balaban J connectivity index is 2.83. The van der Waals surface area contributed by atoms with E-state index in [1.807, 2.05) is 6.07 Å². The standard InChI is InChI=1S/C11H13ClN4O/c1-7(12)4-9(5-13)14-11(17)10-6-16(3)15-8(10)2/h4,6,9H,1-3H3,(H,14,17)/b7-4-. The van der Waals surface area contributed by atoms with Crippen LogP contribution in [-0.4, -0.2) is 21.7 Å². The predicted molar refractivity (Wildman–Crippen MR) is 64.4 cm³/mol. The summed E-state index contributed by atoms with van der Waals surface area (Å²) in [6.45, 7) is 3.38. The summed E-state index contributed by atoms with van der Waals surface area (Å²) in [5.74, 6) is -0.337. The quantitative estimate of drug-likeness (QED) is 0.886. The van der Waals surface area contributed by atoms with E-state index < -0.39 is 6.04 Å². The van der Waals surface area contributed by atoms with Crippen LogP contribution < -0.4 is 5.32 Å². The molecule has 1 aromatic rings. The molecular formula is C11H13ClN4O. The molecule has 6 heteroatoms. The number of hydrogen-bond donors (Lipinski definition) is 1. The second-order valence-electron chi connectivity index (χ2n) is 3.64. The topological polar surface area (TPSA) is 70.7 Å². The molecule has 1 amide bonds. The fourth-order valence-electron chi connectivity index (χ4n) is 1.38. The van der Waals surface area contributed by atoms with Gasteiger partial charge in [0.2, 0.25) is 0 Å². The monoisotopic (exact) mass is 252 g/mol. The van der Waals surface area contributed by atoms with Crippen molar-refractivity contribution < 1.29 is 4.79 Å². The van der Waals surface area contributed by atoms with Crippen molar-refractivity contribution in [3.05, 3.63) is 28.6 Å². The fourth-order valence-corrected chi connectivity index (χ4v) is 1.51. The molecule has 0 aromatic carbocycles. The minimum absolute atomic E-state index is 0.337. The minimum atomic E-state index is -0.736. The molecule has 0 aliphatic carbocycles. The number of nitrogens with zero attached hydrogens (tertiary/aromatic N) is 3. The summed E-state index contributed by atoms with van der Waals surface area (Å²) in [5, 5.41) is 15.9. The Bertz CT molecular complexity index is 494. The summed E-state index contributed by atoms with van der Waals surface area (Å²) in [6.07, 6.45) is 3.08. The van der Waals surface area contributed by atoms with E-state index in [0.29, 0.717) is 16.3 Å². The van der Waals surface area contributed by atoms with Gasteiger partial charge in [0, 0.05) is 18.3 Å². The van der Waals surface area contributed by atoms with E-state index in [4.69, 9.17) is 16.9 Å². The van der Waals surface area contributed by atoms with E-state index in [0.717, 1.165) is 0 Å². The van der Waals surface area contributed by atoms with Crippen molar-refractivity contribution in [2.75, 3.05) is 0 Å². The molecule has 1 aromatic heterocycles. The van der Waals surface area contributed by atoms with Crippen LogP contribution >= 0.6 is 11.6 Å². The van der Waals surface area contributed by atoms with Gasteiger partial charge in [-0.25, -0.2) is 0 Å². The maximum absolute atomic E-state index is 11.8. The van der Waals surface area contributed by atoms with Gasteiger partial charge < -0.3 is 5.32 Å². The Morgan fingerprint density at radius 1 is 1.76 bits per heavy atom. The van der Waals surface area contributed by atoms with E-state index in [9.17, 15) is 4.79 Å². The lowest BCUT2D eigenvalue weighted by atomic mass is 10.2. The van der Waals surface area contributed by atoms with Crippen LogP contribution in [0, 0.1) is 18.3 Å². The Morgan fingerprint density at radius 3 is 2.82 bits per heavy atom. The molecular weight excluding hydrogens is 240 g/mol. The number of carbonyl (C=O) groups is 1.